The molecular weight excluding hydrogens is 357 g/mol. The molecule has 1 aliphatic heterocycles. The highest BCUT2D eigenvalue weighted by Gasteiger charge is 2.45. The highest BCUT2D eigenvalue weighted by molar-refractivity contribution is 6.74. The molecule has 26 heavy (non-hydrogen) atoms. The van der Waals surface area contributed by atoms with Crippen LogP contribution in [0.5, 0.6) is 0 Å². The molecule has 0 amide bonds. The van der Waals surface area contributed by atoms with Crippen molar-refractivity contribution in [1.29, 1.82) is 0 Å². The maximum absolute atomic E-state index is 13.6. The van der Waals surface area contributed by atoms with Crippen molar-refractivity contribution in [3.05, 3.63) is 12.4 Å². The summed E-state index contributed by atoms with van der Waals surface area (Å²) in [6.45, 7) is 10.6. The van der Waals surface area contributed by atoms with Crippen LogP contribution in [0.25, 0.3) is 11.2 Å². The number of halogens is 1. The van der Waals surface area contributed by atoms with Crippen molar-refractivity contribution in [3.8, 4) is 0 Å². The Morgan fingerprint density at radius 3 is 2.73 bits per heavy atom. The first-order valence-electron chi connectivity index (χ1n) is 8.47. The number of aromatic nitrogens is 4. The molecule has 142 valence electrons. The van der Waals surface area contributed by atoms with E-state index in [1.807, 2.05) is 0 Å². The third kappa shape index (κ3) is 3.24. The molecule has 2 N–H and O–H groups in total. The van der Waals surface area contributed by atoms with Crippen LogP contribution in [0.1, 0.15) is 33.4 Å². The quantitative estimate of drug-likeness (QED) is 0.492. The van der Waals surface area contributed by atoms with E-state index in [4.69, 9.17) is 14.9 Å². The number of nitrogens with zero attached hydrogens (tertiary/aromatic N) is 4. The lowest BCUT2D eigenvalue weighted by molar-refractivity contribution is -0.122. The van der Waals surface area contributed by atoms with Crippen LogP contribution < -0.4 is 5.73 Å². The van der Waals surface area contributed by atoms with E-state index >= 15 is 0 Å². The fourth-order valence-electron chi connectivity index (χ4n) is 2.75. The van der Waals surface area contributed by atoms with Gasteiger partial charge in [-0.05, 0) is 18.1 Å². The number of aldehydes is 1. The summed E-state index contributed by atoms with van der Waals surface area (Å²) in [5, 5.41) is 0.00499. The predicted octanol–water partition coefficient (Wildman–Crippen LogP) is 2.42. The number of carbonyl (C=O) groups is 1. The number of fused-ring (bicyclic) bond motifs is 1. The summed E-state index contributed by atoms with van der Waals surface area (Å²) in [5.74, 6) is -0.0368. The van der Waals surface area contributed by atoms with Gasteiger partial charge in [-0.1, -0.05) is 20.8 Å². The minimum absolute atomic E-state index is 0.00499. The smallest absolute Gasteiger partial charge is 0.312 e. The lowest BCUT2D eigenvalue weighted by Gasteiger charge is -2.38. The van der Waals surface area contributed by atoms with Crippen LogP contribution in [0.3, 0.4) is 0 Å². The van der Waals surface area contributed by atoms with Crippen molar-refractivity contribution in [2.24, 2.45) is 0 Å². The van der Waals surface area contributed by atoms with Gasteiger partial charge in [-0.25, -0.2) is 4.98 Å². The van der Waals surface area contributed by atoms with Gasteiger partial charge in [0.2, 0.25) is 0 Å². The highest BCUT2D eigenvalue weighted by Crippen LogP contribution is 2.41. The molecule has 1 fully saturated rings. The largest absolute Gasteiger partial charge is 0.411 e. The average molecular weight is 381 g/mol. The SMILES string of the molecule is CC(C)(C)[Si](C)(C)OC1C[C@H](n2cnc3c(N)nc(F)nc32)O[C@@H]1C=O. The van der Waals surface area contributed by atoms with Crippen LogP contribution in [0, 0.1) is 6.08 Å². The number of hydrogen-bond acceptors (Lipinski definition) is 7. The molecule has 0 spiro atoms. The lowest BCUT2D eigenvalue weighted by Crippen LogP contribution is -2.46. The van der Waals surface area contributed by atoms with E-state index in [9.17, 15) is 9.18 Å². The summed E-state index contributed by atoms with van der Waals surface area (Å²) in [4.78, 5) is 22.9. The second-order valence-electron chi connectivity index (χ2n) is 8.05. The second kappa shape index (κ2) is 6.36. The van der Waals surface area contributed by atoms with Crippen LogP contribution >= 0.6 is 0 Å². The Labute approximate surface area is 152 Å². The molecule has 3 atom stereocenters. The Morgan fingerprint density at radius 2 is 2.12 bits per heavy atom. The summed E-state index contributed by atoms with van der Waals surface area (Å²) >= 11 is 0. The first-order valence-corrected chi connectivity index (χ1v) is 11.4. The highest BCUT2D eigenvalue weighted by atomic mass is 28.4. The Bertz CT molecular complexity index is 835. The van der Waals surface area contributed by atoms with Crippen LogP contribution in [-0.4, -0.2) is 46.3 Å². The van der Waals surface area contributed by atoms with Crippen molar-refractivity contribution in [2.75, 3.05) is 5.73 Å². The van der Waals surface area contributed by atoms with Gasteiger partial charge in [0.25, 0.3) is 0 Å². The number of carbonyl (C=O) groups excluding carboxylic acids is 1. The summed E-state index contributed by atoms with van der Waals surface area (Å²) in [6.07, 6.45) is 0.106. The molecule has 3 rings (SSSR count). The molecule has 2 aromatic rings. The summed E-state index contributed by atoms with van der Waals surface area (Å²) < 4.78 is 27.3. The molecule has 0 aliphatic carbocycles. The molecule has 0 bridgehead atoms. The standard InChI is InChI=1S/C16H24FN5O3Si/c1-16(2,3)26(4,5)25-9-6-11(24-10(9)7-23)22-8-19-12-13(18)20-15(17)21-14(12)22/h7-11H,6H2,1-5H3,(H2,18,20,21)/t9?,10-,11-/m1/s1. The van der Waals surface area contributed by atoms with Crippen LogP contribution in [0.2, 0.25) is 18.1 Å². The van der Waals surface area contributed by atoms with Gasteiger partial charge in [0, 0.05) is 6.42 Å². The van der Waals surface area contributed by atoms with Crippen LogP contribution in [0.15, 0.2) is 6.33 Å². The summed E-state index contributed by atoms with van der Waals surface area (Å²) in [5.41, 5.74) is 6.23. The van der Waals surface area contributed by atoms with Gasteiger partial charge in [-0.15, -0.1) is 0 Å². The molecule has 10 heteroatoms. The van der Waals surface area contributed by atoms with E-state index in [1.165, 1.54) is 6.33 Å². The van der Waals surface area contributed by atoms with Gasteiger partial charge in [0.1, 0.15) is 12.3 Å². The minimum Gasteiger partial charge on any atom is -0.411 e. The van der Waals surface area contributed by atoms with Gasteiger partial charge in [0.05, 0.1) is 12.4 Å². The molecule has 1 aliphatic rings. The van der Waals surface area contributed by atoms with E-state index in [1.54, 1.807) is 4.57 Å². The van der Waals surface area contributed by atoms with Gasteiger partial charge in [0.15, 0.2) is 31.6 Å². The van der Waals surface area contributed by atoms with E-state index < -0.39 is 26.7 Å². The fourth-order valence-corrected chi connectivity index (χ4v) is 4.09. The third-order valence-corrected chi connectivity index (χ3v) is 9.74. The number of hydrogen-bond donors (Lipinski definition) is 1. The molecule has 3 heterocycles. The normalized spacial score (nSPS) is 24.3. The van der Waals surface area contributed by atoms with E-state index in [-0.39, 0.29) is 22.6 Å². The third-order valence-electron chi connectivity index (χ3n) is 5.23. The second-order valence-corrected chi connectivity index (χ2v) is 12.8. The van der Waals surface area contributed by atoms with Crippen molar-refractivity contribution in [3.63, 3.8) is 0 Å². The number of ether oxygens (including phenoxy) is 1. The van der Waals surface area contributed by atoms with Gasteiger partial charge < -0.3 is 19.7 Å². The molecule has 1 unspecified atom stereocenters. The van der Waals surface area contributed by atoms with E-state index in [0.29, 0.717) is 11.9 Å². The van der Waals surface area contributed by atoms with E-state index in [0.717, 1.165) is 6.29 Å². The van der Waals surface area contributed by atoms with Crippen molar-refractivity contribution in [1.82, 2.24) is 19.5 Å². The zero-order valence-corrected chi connectivity index (χ0v) is 16.6. The molecular formula is C16H24FN5O3Si. The Morgan fingerprint density at radius 1 is 1.42 bits per heavy atom. The first kappa shape index (κ1) is 18.9. The maximum atomic E-state index is 13.6. The first-order chi connectivity index (χ1) is 12.0. The lowest BCUT2D eigenvalue weighted by atomic mass is 10.2. The van der Waals surface area contributed by atoms with Crippen molar-refractivity contribution < 1.29 is 18.3 Å². The minimum atomic E-state index is -2.08. The Hall–Kier alpha value is -1.91. The summed E-state index contributed by atoms with van der Waals surface area (Å²) in [6, 6.07) is 0. The Balaban J connectivity index is 1.89. The number of rotatable bonds is 4. The molecule has 8 nitrogen and oxygen atoms in total. The number of nitrogens with two attached hydrogens (primary N) is 1. The van der Waals surface area contributed by atoms with Crippen molar-refractivity contribution >= 4 is 31.6 Å². The van der Waals surface area contributed by atoms with Crippen LogP contribution in [0.4, 0.5) is 10.2 Å². The zero-order chi connectivity index (χ0) is 19.3. The monoisotopic (exact) mass is 381 g/mol. The van der Waals surface area contributed by atoms with Gasteiger partial charge in [-0.3, -0.25) is 4.57 Å². The molecule has 1 saturated heterocycles. The fraction of sp³-hybridized carbons (Fsp3) is 0.625. The molecule has 0 saturated carbocycles. The average Bonchev–Trinajstić information content (AvgIpc) is 3.09. The molecule has 0 aromatic carbocycles. The predicted molar refractivity (Wildman–Crippen MR) is 96.4 cm³/mol. The van der Waals surface area contributed by atoms with Crippen LogP contribution in [-0.2, 0) is 14.0 Å². The number of anilines is 1. The molecule has 0 radical (unpaired) electrons. The summed E-state index contributed by atoms with van der Waals surface area (Å²) in [7, 11) is -2.08. The van der Waals surface area contributed by atoms with Gasteiger partial charge >= 0.3 is 6.08 Å². The van der Waals surface area contributed by atoms with Gasteiger partial charge in [-0.2, -0.15) is 14.4 Å². The number of nitrogen functional groups attached to an aromatic ring is 1. The molecule has 2 aromatic heterocycles. The van der Waals surface area contributed by atoms with E-state index in [2.05, 4.69) is 48.8 Å². The maximum Gasteiger partial charge on any atom is 0.312 e. The zero-order valence-electron chi connectivity index (χ0n) is 15.6. The number of imidazole rings is 1. The van der Waals surface area contributed by atoms with Crippen molar-refractivity contribution in [2.45, 2.75) is 63.8 Å². The topological polar surface area (TPSA) is 105 Å². The Kier molecular flexibility index (Phi) is 4.61.